The number of nitrogens with zero attached hydrogens (tertiary/aromatic N) is 3. The first kappa shape index (κ1) is 25.8. The highest BCUT2D eigenvalue weighted by Crippen LogP contribution is 2.27. The molecule has 3 rings (SSSR count). The molecule has 0 N–H and O–H groups in total. The molecule has 2 aliphatic heterocycles. The summed E-state index contributed by atoms with van der Waals surface area (Å²) < 4.78 is 24.8. The molecule has 2 fully saturated rings. The van der Waals surface area contributed by atoms with Crippen LogP contribution in [-0.4, -0.2) is 73.3 Å². The Hall–Kier alpha value is -2.84. The summed E-state index contributed by atoms with van der Waals surface area (Å²) in [5, 5.41) is 0. The van der Waals surface area contributed by atoms with Gasteiger partial charge in [-0.2, -0.15) is 0 Å². The van der Waals surface area contributed by atoms with E-state index in [9.17, 15) is 18.8 Å². The van der Waals surface area contributed by atoms with Crippen molar-refractivity contribution < 1.29 is 28.2 Å². The third kappa shape index (κ3) is 6.84. The average molecular weight is 478 g/mol. The molecular weight excluding hydrogens is 441 g/mol. The van der Waals surface area contributed by atoms with Gasteiger partial charge in [-0.15, -0.1) is 0 Å². The predicted molar refractivity (Wildman–Crippen MR) is 126 cm³/mol. The first-order valence-electron chi connectivity index (χ1n) is 12.0. The van der Waals surface area contributed by atoms with E-state index in [4.69, 9.17) is 4.74 Å². The fourth-order valence-electron chi connectivity index (χ4n) is 4.36. The monoisotopic (exact) mass is 477 g/mol. The van der Waals surface area contributed by atoms with Crippen LogP contribution in [0, 0.1) is 11.7 Å². The lowest BCUT2D eigenvalue weighted by Gasteiger charge is -2.34. The molecule has 1 aromatic carbocycles. The van der Waals surface area contributed by atoms with Gasteiger partial charge in [-0.1, -0.05) is 6.07 Å². The fraction of sp³-hybridized carbons (Fsp3) is 0.640. The Bertz CT molecular complexity index is 893. The normalized spacial score (nSPS) is 17.3. The van der Waals surface area contributed by atoms with Crippen LogP contribution in [0.1, 0.15) is 52.0 Å². The standard InChI is InChI=1S/C25H36FN3O5/c1-25(2,3)34-24(32)28-13-10-18(11-14-28)9-12-27-15-16-29(23(27)31)21-7-5-19(17-20(21)26)6-8-22(30)33-4/h5,7,17-18H,6,8-16H2,1-4H3. The minimum Gasteiger partial charge on any atom is -0.469 e. The number of ether oxygens (including phenoxy) is 2. The molecule has 0 bridgehead atoms. The highest BCUT2D eigenvalue weighted by molar-refractivity contribution is 5.94. The van der Waals surface area contributed by atoms with E-state index in [-0.39, 0.29) is 30.2 Å². The number of halogens is 1. The van der Waals surface area contributed by atoms with Crippen molar-refractivity contribution in [3.63, 3.8) is 0 Å². The van der Waals surface area contributed by atoms with E-state index in [0.717, 1.165) is 19.3 Å². The number of esters is 1. The topological polar surface area (TPSA) is 79.4 Å². The van der Waals surface area contributed by atoms with E-state index in [1.54, 1.807) is 21.9 Å². The molecule has 2 saturated heterocycles. The highest BCUT2D eigenvalue weighted by Gasteiger charge is 2.32. The second kappa shape index (κ2) is 11.1. The van der Waals surface area contributed by atoms with Gasteiger partial charge in [0.15, 0.2) is 0 Å². The molecule has 0 spiro atoms. The molecule has 188 valence electrons. The maximum Gasteiger partial charge on any atom is 0.410 e. The Morgan fingerprint density at radius 2 is 1.82 bits per heavy atom. The fourth-order valence-corrected chi connectivity index (χ4v) is 4.36. The van der Waals surface area contributed by atoms with Crippen molar-refractivity contribution in [2.24, 2.45) is 5.92 Å². The second-order valence-electron chi connectivity index (χ2n) is 9.98. The summed E-state index contributed by atoms with van der Waals surface area (Å²) >= 11 is 0. The minimum atomic E-state index is -0.501. The van der Waals surface area contributed by atoms with E-state index >= 15 is 0 Å². The van der Waals surface area contributed by atoms with Crippen LogP contribution in [0.5, 0.6) is 0 Å². The molecule has 2 aliphatic rings. The van der Waals surface area contributed by atoms with Crippen molar-refractivity contribution >= 4 is 23.8 Å². The lowest BCUT2D eigenvalue weighted by atomic mass is 9.93. The van der Waals surface area contributed by atoms with E-state index < -0.39 is 11.4 Å². The van der Waals surface area contributed by atoms with Crippen molar-refractivity contribution in [3.05, 3.63) is 29.6 Å². The number of piperidine rings is 1. The quantitative estimate of drug-likeness (QED) is 0.550. The number of aryl methyl sites for hydroxylation is 1. The van der Waals surface area contributed by atoms with Crippen LogP contribution in [0.25, 0.3) is 0 Å². The average Bonchev–Trinajstić information content (AvgIpc) is 3.15. The molecule has 0 aliphatic carbocycles. The van der Waals surface area contributed by atoms with Gasteiger partial charge in [-0.3, -0.25) is 9.69 Å². The van der Waals surface area contributed by atoms with Crippen LogP contribution in [0.4, 0.5) is 19.7 Å². The molecule has 0 unspecified atom stereocenters. The maximum atomic E-state index is 14.7. The summed E-state index contributed by atoms with van der Waals surface area (Å²) in [5.41, 5.74) is 0.451. The number of carbonyl (C=O) groups excluding carboxylic acids is 3. The SMILES string of the molecule is COC(=O)CCc1ccc(N2CCN(CCC3CCN(C(=O)OC(C)(C)C)CC3)C2=O)c(F)c1. The summed E-state index contributed by atoms with van der Waals surface area (Å²) in [4.78, 5) is 41.4. The number of anilines is 1. The lowest BCUT2D eigenvalue weighted by molar-refractivity contribution is -0.140. The third-order valence-corrected chi connectivity index (χ3v) is 6.32. The number of amides is 3. The third-order valence-electron chi connectivity index (χ3n) is 6.32. The Kier molecular flexibility index (Phi) is 8.38. The number of rotatable bonds is 7. The highest BCUT2D eigenvalue weighted by atomic mass is 19.1. The number of carbonyl (C=O) groups is 3. The maximum absolute atomic E-state index is 14.7. The number of methoxy groups -OCH3 is 1. The number of likely N-dealkylation sites (tertiary alicyclic amines) is 1. The lowest BCUT2D eigenvalue weighted by Crippen LogP contribution is -2.42. The number of urea groups is 1. The molecule has 9 heteroatoms. The van der Waals surface area contributed by atoms with Crippen molar-refractivity contribution in [2.75, 3.05) is 44.7 Å². The van der Waals surface area contributed by atoms with Gasteiger partial charge in [0.2, 0.25) is 0 Å². The Morgan fingerprint density at radius 1 is 1.12 bits per heavy atom. The Balaban J connectivity index is 1.46. The van der Waals surface area contributed by atoms with E-state index in [0.29, 0.717) is 50.6 Å². The van der Waals surface area contributed by atoms with Crippen molar-refractivity contribution in [3.8, 4) is 0 Å². The van der Waals surface area contributed by atoms with Crippen LogP contribution in [0.15, 0.2) is 18.2 Å². The molecule has 8 nitrogen and oxygen atoms in total. The molecule has 34 heavy (non-hydrogen) atoms. The van der Waals surface area contributed by atoms with Gasteiger partial charge >= 0.3 is 18.1 Å². The summed E-state index contributed by atoms with van der Waals surface area (Å²) in [6, 6.07) is 4.55. The van der Waals surface area contributed by atoms with Crippen molar-refractivity contribution in [1.29, 1.82) is 0 Å². The van der Waals surface area contributed by atoms with Gasteiger partial charge < -0.3 is 19.3 Å². The van der Waals surface area contributed by atoms with Gasteiger partial charge in [0.1, 0.15) is 11.4 Å². The predicted octanol–water partition coefficient (Wildman–Crippen LogP) is 4.21. The van der Waals surface area contributed by atoms with Crippen LogP contribution >= 0.6 is 0 Å². The summed E-state index contributed by atoms with van der Waals surface area (Å²) in [5.74, 6) is -0.371. The molecule has 3 amide bonds. The minimum absolute atomic E-state index is 0.183. The first-order valence-corrected chi connectivity index (χ1v) is 12.0. The number of benzene rings is 1. The summed E-state index contributed by atoms with van der Waals surface area (Å²) in [6.07, 6.45) is 2.92. The van der Waals surface area contributed by atoms with Gasteiger partial charge in [-0.05, 0) is 70.1 Å². The first-order chi connectivity index (χ1) is 16.1. The van der Waals surface area contributed by atoms with Gasteiger partial charge in [0.25, 0.3) is 0 Å². The Morgan fingerprint density at radius 3 is 2.44 bits per heavy atom. The van der Waals surface area contributed by atoms with E-state index in [1.165, 1.54) is 18.1 Å². The van der Waals surface area contributed by atoms with E-state index in [1.807, 2.05) is 20.8 Å². The second-order valence-corrected chi connectivity index (χ2v) is 9.98. The van der Waals surface area contributed by atoms with Crippen LogP contribution in [-0.2, 0) is 20.7 Å². The summed E-state index contributed by atoms with van der Waals surface area (Å²) in [7, 11) is 1.32. The molecule has 0 saturated carbocycles. The summed E-state index contributed by atoms with van der Waals surface area (Å²) in [6.45, 7) is 8.51. The van der Waals surface area contributed by atoms with Crippen molar-refractivity contribution in [2.45, 2.75) is 58.5 Å². The zero-order valence-corrected chi connectivity index (χ0v) is 20.6. The molecule has 0 radical (unpaired) electrons. The Labute approximate surface area is 201 Å². The van der Waals surface area contributed by atoms with Crippen LogP contribution in [0.2, 0.25) is 0 Å². The van der Waals surface area contributed by atoms with Crippen LogP contribution in [0.3, 0.4) is 0 Å². The largest absolute Gasteiger partial charge is 0.469 e. The zero-order valence-electron chi connectivity index (χ0n) is 20.6. The van der Waals surface area contributed by atoms with Crippen LogP contribution < -0.4 is 4.90 Å². The smallest absolute Gasteiger partial charge is 0.410 e. The van der Waals surface area contributed by atoms with Gasteiger partial charge in [0, 0.05) is 39.1 Å². The van der Waals surface area contributed by atoms with E-state index in [2.05, 4.69) is 4.74 Å². The molecule has 0 aromatic heterocycles. The molecule has 0 atom stereocenters. The number of hydrogen-bond donors (Lipinski definition) is 0. The molecule has 1 aromatic rings. The molecule has 2 heterocycles. The number of hydrogen-bond acceptors (Lipinski definition) is 5. The van der Waals surface area contributed by atoms with Gasteiger partial charge in [0.05, 0.1) is 12.8 Å². The zero-order chi connectivity index (χ0) is 24.9. The van der Waals surface area contributed by atoms with Crippen molar-refractivity contribution in [1.82, 2.24) is 9.80 Å². The molecular formula is C25H36FN3O5. The van der Waals surface area contributed by atoms with Gasteiger partial charge in [-0.25, -0.2) is 14.0 Å².